The van der Waals surface area contributed by atoms with E-state index in [-0.39, 0.29) is 6.10 Å². The highest BCUT2D eigenvalue weighted by Gasteiger charge is 2.03. The fourth-order valence-electron chi connectivity index (χ4n) is 1.08. The molecule has 0 radical (unpaired) electrons. The lowest BCUT2D eigenvalue weighted by Gasteiger charge is -2.11. The van der Waals surface area contributed by atoms with E-state index >= 15 is 0 Å². The maximum absolute atomic E-state index is 9.37. The van der Waals surface area contributed by atoms with E-state index < -0.39 is 0 Å². The van der Waals surface area contributed by atoms with Crippen LogP contribution in [0.15, 0.2) is 16.7 Å². The summed E-state index contributed by atoms with van der Waals surface area (Å²) < 4.78 is 0.969. The van der Waals surface area contributed by atoms with E-state index in [0.29, 0.717) is 6.54 Å². The van der Waals surface area contributed by atoms with Crippen LogP contribution in [0.25, 0.3) is 0 Å². The Labute approximate surface area is 92.7 Å². The molecule has 2 N–H and O–H groups in total. The third-order valence-corrected chi connectivity index (χ3v) is 2.45. The molecular weight excluding hydrogens is 244 g/mol. The zero-order valence-electron chi connectivity index (χ0n) is 8.42. The first-order chi connectivity index (χ1) is 6.63. The van der Waals surface area contributed by atoms with Crippen molar-refractivity contribution in [2.45, 2.75) is 26.4 Å². The molecule has 78 valence electrons. The number of nitrogens with zero attached hydrogens (tertiary/aromatic N) is 1. The number of aromatic nitrogens is 1. The van der Waals surface area contributed by atoms with E-state index in [9.17, 15) is 5.11 Å². The summed E-state index contributed by atoms with van der Waals surface area (Å²) >= 11 is 3.35. The van der Waals surface area contributed by atoms with Crippen LogP contribution in [0.5, 0.6) is 0 Å². The number of hydrogen-bond acceptors (Lipinski definition) is 3. The van der Waals surface area contributed by atoms with Gasteiger partial charge < -0.3 is 10.4 Å². The van der Waals surface area contributed by atoms with Gasteiger partial charge >= 0.3 is 0 Å². The summed E-state index contributed by atoms with van der Waals surface area (Å²) in [6.45, 7) is 4.48. The Hall–Kier alpha value is -0.610. The van der Waals surface area contributed by atoms with Gasteiger partial charge in [0.15, 0.2) is 0 Å². The molecule has 0 amide bonds. The number of aliphatic hydroxyl groups excluding tert-OH is 1. The van der Waals surface area contributed by atoms with Crippen LogP contribution in [0.1, 0.15) is 18.9 Å². The van der Waals surface area contributed by atoms with E-state index in [4.69, 9.17) is 0 Å². The topological polar surface area (TPSA) is 45.1 Å². The van der Waals surface area contributed by atoms with Crippen LogP contribution >= 0.6 is 15.9 Å². The van der Waals surface area contributed by atoms with E-state index in [0.717, 1.165) is 22.3 Å². The van der Waals surface area contributed by atoms with Crippen molar-refractivity contribution in [2.75, 3.05) is 11.9 Å². The SMILES string of the molecule is CCC(O)CNc1ncc(Br)cc1C. The van der Waals surface area contributed by atoms with E-state index in [1.165, 1.54) is 0 Å². The molecular formula is C10H15BrN2O. The highest BCUT2D eigenvalue weighted by Crippen LogP contribution is 2.16. The van der Waals surface area contributed by atoms with Crippen molar-refractivity contribution in [3.63, 3.8) is 0 Å². The van der Waals surface area contributed by atoms with Crippen LogP contribution in [0, 0.1) is 6.92 Å². The predicted octanol–water partition coefficient (Wildman–Crippen LogP) is 2.34. The van der Waals surface area contributed by atoms with E-state index in [1.807, 2.05) is 19.9 Å². The van der Waals surface area contributed by atoms with Crippen molar-refractivity contribution in [3.8, 4) is 0 Å². The standard InChI is InChI=1S/C10H15BrN2O/c1-3-9(14)6-13-10-7(2)4-8(11)5-12-10/h4-5,9,14H,3,6H2,1-2H3,(H,12,13). The lowest BCUT2D eigenvalue weighted by molar-refractivity contribution is 0.183. The largest absolute Gasteiger partial charge is 0.391 e. The Morgan fingerprint density at radius 3 is 2.93 bits per heavy atom. The highest BCUT2D eigenvalue weighted by molar-refractivity contribution is 9.10. The normalized spacial score (nSPS) is 12.6. The first-order valence-electron chi connectivity index (χ1n) is 4.67. The summed E-state index contributed by atoms with van der Waals surface area (Å²) in [6.07, 6.45) is 2.19. The monoisotopic (exact) mass is 258 g/mol. The first kappa shape index (κ1) is 11.5. The van der Waals surface area contributed by atoms with Crippen molar-refractivity contribution >= 4 is 21.7 Å². The lowest BCUT2D eigenvalue weighted by atomic mass is 10.2. The highest BCUT2D eigenvalue weighted by atomic mass is 79.9. The number of aliphatic hydroxyl groups is 1. The summed E-state index contributed by atoms with van der Waals surface area (Å²) in [6, 6.07) is 1.99. The predicted molar refractivity (Wildman–Crippen MR) is 61.5 cm³/mol. The summed E-state index contributed by atoms with van der Waals surface area (Å²) in [5.41, 5.74) is 1.07. The zero-order valence-corrected chi connectivity index (χ0v) is 10.0. The molecule has 1 rings (SSSR count). The van der Waals surface area contributed by atoms with Crippen LogP contribution in [0.3, 0.4) is 0 Å². The quantitative estimate of drug-likeness (QED) is 0.872. The molecule has 3 nitrogen and oxygen atoms in total. The van der Waals surface area contributed by atoms with Gasteiger partial charge in [-0.2, -0.15) is 0 Å². The molecule has 0 aliphatic carbocycles. The summed E-state index contributed by atoms with van der Waals surface area (Å²) in [7, 11) is 0. The second kappa shape index (κ2) is 5.32. The molecule has 14 heavy (non-hydrogen) atoms. The molecule has 1 aromatic heterocycles. The molecule has 0 bridgehead atoms. The third kappa shape index (κ3) is 3.27. The molecule has 0 aliphatic rings. The molecule has 0 spiro atoms. The molecule has 1 atom stereocenters. The van der Waals surface area contributed by atoms with Crippen LogP contribution in [-0.2, 0) is 0 Å². The minimum atomic E-state index is -0.306. The number of anilines is 1. The van der Waals surface area contributed by atoms with Gasteiger partial charge in [0.1, 0.15) is 5.82 Å². The Kier molecular flexibility index (Phi) is 4.35. The van der Waals surface area contributed by atoms with Gasteiger partial charge in [0.25, 0.3) is 0 Å². The minimum Gasteiger partial charge on any atom is -0.391 e. The average Bonchev–Trinajstić information content (AvgIpc) is 2.16. The molecule has 0 aromatic carbocycles. The van der Waals surface area contributed by atoms with Crippen LogP contribution in [-0.4, -0.2) is 22.7 Å². The van der Waals surface area contributed by atoms with Gasteiger partial charge in [0.05, 0.1) is 6.10 Å². The fraction of sp³-hybridized carbons (Fsp3) is 0.500. The van der Waals surface area contributed by atoms with Crippen molar-refractivity contribution in [2.24, 2.45) is 0 Å². The zero-order chi connectivity index (χ0) is 10.6. The minimum absolute atomic E-state index is 0.306. The van der Waals surface area contributed by atoms with Gasteiger partial charge in [0.2, 0.25) is 0 Å². The van der Waals surface area contributed by atoms with Gasteiger partial charge in [-0.1, -0.05) is 6.92 Å². The lowest BCUT2D eigenvalue weighted by Crippen LogP contribution is -2.19. The summed E-state index contributed by atoms with van der Waals surface area (Å²) in [5.74, 6) is 0.834. The number of pyridine rings is 1. The third-order valence-electron chi connectivity index (χ3n) is 2.02. The maximum atomic E-state index is 9.37. The Bertz CT molecular complexity index is 304. The van der Waals surface area contributed by atoms with Crippen LogP contribution in [0.2, 0.25) is 0 Å². The summed E-state index contributed by atoms with van der Waals surface area (Å²) in [4.78, 5) is 4.21. The van der Waals surface area contributed by atoms with Gasteiger partial charge in [-0.25, -0.2) is 4.98 Å². The van der Waals surface area contributed by atoms with Gasteiger partial charge in [-0.3, -0.25) is 0 Å². The number of aryl methyl sites for hydroxylation is 1. The van der Waals surface area contributed by atoms with Crippen molar-refractivity contribution < 1.29 is 5.11 Å². The van der Waals surface area contributed by atoms with E-state index in [1.54, 1.807) is 6.20 Å². The molecule has 1 unspecified atom stereocenters. The number of nitrogens with one attached hydrogen (secondary N) is 1. The Morgan fingerprint density at radius 1 is 1.64 bits per heavy atom. The average molecular weight is 259 g/mol. The van der Waals surface area contributed by atoms with Crippen molar-refractivity contribution in [1.82, 2.24) is 4.98 Å². The van der Waals surface area contributed by atoms with Crippen LogP contribution in [0.4, 0.5) is 5.82 Å². The fourth-order valence-corrected chi connectivity index (χ4v) is 1.53. The Morgan fingerprint density at radius 2 is 2.36 bits per heavy atom. The van der Waals surface area contributed by atoms with Crippen molar-refractivity contribution in [1.29, 1.82) is 0 Å². The Balaban J connectivity index is 2.59. The first-order valence-corrected chi connectivity index (χ1v) is 5.47. The summed E-state index contributed by atoms with van der Waals surface area (Å²) in [5, 5.41) is 12.5. The van der Waals surface area contributed by atoms with Crippen molar-refractivity contribution in [3.05, 3.63) is 22.3 Å². The number of hydrogen-bond donors (Lipinski definition) is 2. The molecule has 4 heteroatoms. The van der Waals surface area contributed by atoms with E-state index in [2.05, 4.69) is 26.2 Å². The van der Waals surface area contributed by atoms with Crippen LogP contribution < -0.4 is 5.32 Å². The molecule has 0 saturated heterocycles. The van der Waals surface area contributed by atoms with Gasteiger partial charge in [-0.05, 0) is 40.9 Å². The second-order valence-electron chi connectivity index (χ2n) is 3.26. The molecule has 0 fully saturated rings. The number of rotatable bonds is 4. The molecule has 0 saturated carbocycles. The molecule has 1 heterocycles. The smallest absolute Gasteiger partial charge is 0.129 e. The maximum Gasteiger partial charge on any atom is 0.129 e. The second-order valence-corrected chi connectivity index (χ2v) is 4.18. The van der Waals surface area contributed by atoms with Gasteiger partial charge in [0, 0.05) is 17.2 Å². The molecule has 1 aromatic rings. The number of halogens is 1. The molecule has 0 aliphatic heterocycles. The van der Waals surface area contributed by atoms with Gasteiger partial charge in [-0.15, -0.1) is 0 Å².